The predicted octanol–water partition coefficient (Wildman–Crippen LogP) is 4.30. The molecule has 4 atom stereocenters. The summed E-state index contributed by atoms with van der Waals surface area (Å²) >= 11 is 6.19. The van der Waals surface area contributed by atoms with Crippen molar-refractivity contribution < 1.29 is 31.9 Å². The largest absolute Gasteiger partial charge is 0.453 e. The predicted molar refractivity (Wildman–Crippen MR) is 168 cm³/mol. The quantitative estimate of drug-likeness (QED) is 0.350. The van der Waals surface area contributed by atoms with Crippen LogP contribution in [0.4, 0.5) is 14.9 Å². The lowest BCUT2D eigenvalue weighted by molar-refractivity contribution is -0.120. The third kappa shape index (κ3) is 8.69. The van der Waals surface area contributed by atoms with Crippen molar-refractivity contribution in [3.05, 3.63) is 64.4 Å². The van der Waals surface area contributed by atoms with E-state index in [2.05, 4.69) is 16.0 Å². The first-order chi connectivity index (χ1) is 20.8. The highest BCUT2D eigenvalue weighted by Gasteiger charge is 2.41. The van der Waals surface area contributed by atoms with Gasteiger partial charge in [0, 0.05) is 54.5 Å². The third-order valence-corrected chi connectivity index (χ3v) is 10.0. The summed E-state index contributed by atoms with van der Waals surface area (Å²) in [6.07, 6.45) is 2.21. The number of hydrogen-bond donors (Lipinski definition) is 3. The highest BCUT2D eigenvalue weighted by atomic mass is 35.5. The number of amides is 2. The summed E-state index contributed by atoms with van der Waals surface area (Å²) in [7, 11) is -2.22. The maximum Gasteiger partial charge on any atom is 0.407 e. The van der Waals surface area contributed by atoms with E-state index >= 15 is 4.39 Å². The number of alkyl carbamates (subject to hydrolysis) is 1. The van der Waals surface area contributed by atoms with Gasteiger partial charge in [-0.2, -0.15) is 4.31 Å². The molecule has 2 heterocycles. The lowest BCUT2D eigenvalue weighted by Crippen LogP contribution is -2.53. The Morgan fingerprint density at radius 3 is 2.61 bits per heavy atom. The Bertz CT molecular complexity index is 1420. The van der Waals surface area contributed by atoms with Crippen LogP contribution in [0.2, 0.25) is 5.02 Å². The van der Waals surface area contributed by atoms with Crippen molar-refractivity contribution in [2.75, 3.05) is 44.9 Å². The number of hydrogen-bond acceptors (Lipinski definition) is 7. The Labute approximate surface area is 264 Å². The van der Waals surface area contributed by atoms with Gasteiger partial charge in [-0.3, -0.25) is 4.79 Å². The smallest absolute Gasteiger partial charge is 0.407 e. The van der Waals surface area contributed by atoms with Gasteiger partial charge in [-0.15, -0.1) is 0 Å². The molecular formula is C31H42ClFN4O6S. The summed E-state index contributed by atoms with van der Waals surface area (Å²) < 4.78 is 52.3. The Morgan fingerprint density at radius 2 is 1.95 bits per heavy atom. The number of halogens is 2. The van der Waals surface area contributed by atoms with Crippen molar-refractivity contribution in [1.82, 2.24) is 14.9 Å². The van der Waals surface area contributed by atoms with Crippen LogP contribution in [-0.2, 0) is 30.7 Å². The Balaban J connectivity index is 1.65. The molecule has 44 heavy (non-hydrogen) atoms. The molecular weight excluding hydrogens is 611 g/mol. The van der Waals surface area contributed by atoms with E-state index in [1.807, 2.05) is 26.0 Å². The Morgan fingerprint density at radius 1 is 1.23 bits per heavy atom. The van der Waals surface area contributed by atoms with Crippen molar-refractivity contribution in [3.63, 3.8) is 0 Å². The molecule has 2 aromatic carbocycles. The van der Waals surface area contributed by atoms with E-state index < -0.39 is 45.4 Å². The molecule has 2 aromatic rings. The second-order valence-corrected chi connectivity index (χ2v) is 14.4. The third-order valence-electron chi connectivity index (χ3n) is 8.42. The van der Waals surface area contributed by atoms with Crippen LogP contribution in [0.5, 0.6) is 0 Å². The fraction of sp³-hybridized carbons (Fsp3) is 0.548. The van der Waals surface area contributed by atoms with E-state index in [0.29, 0.717) is 50.5 Å². The number of rotatable bonds is 10. The van der Waals surface area contributed by atoms with Crippen LogP contribution in [-0.4, -0.2) is 82.0 Å². The Kier molecular flexibility index (Phi) is 11.3. The number of carbonyl (C=O) groups is 2. The van der Waals surface area contributed by atoms with Crippen LogP contribution >= 0.6 is 11.6 Å². The standard InChI is InChI=1S/C31H42ClFN4O6S/c1-31(2)18-21(14-17-43-31)27(20-8-10-22(32)11-9-20)28(36-30(39)42-3)29(38)35-26-7-5-6-25(33)24(26)13-12-23-19-34-15-16-37(23)44(4,40)41/h5-11,21,23,27-28,34H,12-19H2,1-4H3,(H,35,38)(H,36,39)/t21?,23-,27-,28-/m0/s1. The van der Waals surface area contributed by atoms with E-state index in [9.17, 15) is 18.0 Å². The number of benzene rings is 2. The lowest BCUT2D eigenvalue weighted by atomic mass is 9.73. The van der Waals surface area contributed by atoms with E-state index in [4.69, 9.17) is 21.1 Å². The molecule has 1 unspecified atom stereocenters. The molecule has 2 aliphatic heterocycles. The zero-order valence-corrected chi connectivity index (χ0v) is 27.1. The second kappa shape index (κ2) is 14.6. The number of carbonyl (C=O) groups excluding carboxylic acids is 2. The van der Waals surface area contributed by atoms with Crippen LogP contribution in [0.1, 0.15) is 50.2 Å². The van der Waals surface area contributed by atoms with Crippen LogP contribution in [0.15, 0.2) is 42.5 Å². The van der Waals surface area contributed by atoms with Gasteiger partial charge >= 0.3 is 6.09 Å². The summed E-state index contributed by atoms with van der Waals surface area (Å²) in [6, 6.07) is 10.1. The van der Waals surface area contributed by atoms with Gasteiger partial charge in [0.15, 0.2) is 0 Å². The molecule has 0 radical (unpaired) electrons. The molecule has 0 spiro atoms. The summed E-state index contributed by atoms with van der Waals surface area (Å²) in [5.74, 6) is -1.59. The number of piperazine rings is 1. The number of nitrogens with one attached hydrogen (secondary N) is 3. The van der Waals surface area contributed by atoms with Gasteiger partial charge in [0.1, 0.15) is 11.9 Å². The maximum absolute atomic E-state index is 15.3. The van der Waals surface area contributed by atoms with Gasteiger partial charge in [-0.05, 0) is 75.3 Å². The van der Waals surface area contributed by atoms with E-state index in [1.54, 1.807) is 18.2 Å². The molecule has 2 amide bonds. The minimum Gasteiger partial charge on any atom is -0.453 e. The SMILES string of the molecule is COC(=O)N[C@H](C(=O)Nc1cccc(F)c1CC[C@H]1CNCCN1S(C)(=O)=O)[C@@H](c1ccc(Cl)cc1)C1CCOC(C)(C)C1. The first-order valence-electron chi connectivity index (χ1n) is 14.8. The molecule has 3 N–H and O–H groups in total. The first kappa shape index (κ1) is 34.1. The molecule has 10 nitrogen and oxygen atoms in total. The van der Waals surface area contributed by atoms with Gasteiger partial charge < -0.3 is 25.4 Å². The molecule has 4 rings (SSSR count). The van der Waals surface area contributed by atoms with Crippen LogP contribution in [0.25, 0.3) is 0 Å². The molecule has 13 heteroatoms. The normalized spacial score (nSPS) is 22.0. The van der Waals surface area contributed by atoms with Crippen LogP contribution in [0, 0.1) is 11.7 Å². The highest BCUT2D eigenvalue weighted by molar-refractivity contribution is 7.88. The summed E-state index contributed by atoms with van der Waals surface area (Å²) in [6.45, 7) is 5.79. The van der Waals surface area contributed by atoms with Crippen molar-refractivity contribution in [2.24, 2.45) is 5.92 Å². The number of anilines is 1. The zero-order chi connectivity index (χ0) is 32.1. The zero-order valence-electron chi connectivity index (χ0n) is 25.6. The fourth-order valence-electron chi connectivity index (χ4n) is 6.39. The average Bonchev–Trinajstić information content (AvgIpc) is 2.96. The van der Waals surface area contributed by atoms with Crippen molar-refractivity contribution >= 4 is 39.3 Å². The summed E-state index contributed by atoms with van der Waals surface area (Å²) in [5.41, 5.74) is 0.873. The monoisotopic (exact) mass is 652 g/mol. The average molecular weight is 653 g/mol. The van der Waals surface area contributed by atoms with Crippen LogP contribution < -0.4 is 16.0 Å². The molecule has 2 aliphatic rings. The second-order valence-electron chi connectivity index (χ2n) is 12.1. The van der Waals surface area contributed by atoms with Gasteiger partial charge in [0.2, 0.25) is 15.9 Å². The number of ether oxygens (including phenoxy) is 2. The van der Waals surface area contributed by atoms with Gasteiger partial charge in [0.05, 0.1) is 19.0 Å². The van der Waals surface area contributed by atoms with Gasteiger partial charge in [0.25, 0.3) is 0 Å². The summed E-state index contributed by atoms with van der Waals surface area (Å²) in [5, 5.41) is 9.36. The fourth-order valence-corrected chi connectivity index (χ4v) is 7.66. The minimum atomic E-state index is -3.44. The number of nitrogens with zero attached hydrogens (tertiary/aromatic N) is 1. The van der Waals surface area contributed by atoms with E-state index in [0.717, 1.165) is 5.56 Å². The maximum atomic E-state index is 15.3. The highest BCUT2D eigenvalue weighted by Crippen LogP contribution is 2.41. The van der Waals surface area contributed by atoms with Crippen LogP contribution in [0.3, 0.4) is 0 Å². The van der Waals surface area contributed by atoms with Crippen molar-refractivity contribution in [1.29, 1.82) is 0 Å². The van der Waals surface area contributed by atoms with Gasteiger partial charge in [-0.1, -0.05) is 29.8 Å². The molecule has 2 saturated heterocycles. The van der Waals surface area contributed by atoms with E-state index in [-0.39, 0.29) is 29.6 Å². The molecule has 2 fully saturated rings. The van der Waals surface area contributed by atoms with Crippen molar-refractivity contribution in [3.8, 4) is 0 Å². The van der Waals surface area contributed by atoms with E-state index in [1.165, 1.54) is 29.8 Å². The molecule has 0 saturated carbocycles. The topological polar surface area (TPSA) is 126 Å². The minimum absolute atomic E-state index is 0.0550. The van der Waals surface area contributed by atoms with Crippen molar-refractivity contribution in [2.45, 2.75) is 63.1 Å². The summed E-state index contributed by atoms with van der Waals surface area (Å²) in [4.78, 5) is 26.8. The lowest BCUT2D eigenvalue weighted by Gasteiger charge is -2.41. The molecule has 0 bridgehead atoms. The number of methoxy groups -OCH3 is 1. The Hall–Kier alpha value is -2.77. The first-order valence-corrected chi connectivity index (χ1v) is 17.0. The number of sulfonamides is 1. The molecule has 0 aliphatic carbocycles. The molecule has 242 valence electrons. The molecule has 0 aromatic heterocycles. The van der Waals surface area contributed by atoms with Gasteiger partial charge in [-0.25, -0.2) is 17.6 Å².